The Bertz CT molecular complexity index is 966. The molecule has 3 rings (SSSR count). The molecule has 0 saturated heterocycles. The van der Waals surface area contributed by atoms with E-state index in [-0.39, 0.29) is 29.8 Å². The van der Waals surface area contributed by atoms with E-state index in [1.165, 1.54) is 6.07 Å². The molecule has 1 aliphatic rings. The molecule has 1 heterocycles. The zero-order valence-electron chi connectivity index (χ0n) is 17.6. The summed E-state index contributed by atoms with van der Waals surface area (Å²) in [7, 11) is 0. The number of hydrogen-bond acceptors (Lipinski definition) is 5. The number of cyclic esters (lactones) is 1. The highest BCUT2D eigenvalue weighted by Gasteiger charge is 2.21. The van der Waals surface area contributed by atoms with Gasteiger partial charge in [-0.15, -0.1) is 0 Å². The largest absolute Gasteiger partial charge is 0.507 e. The Morgan fingerprint density at radius 3 is 2.74 bits per heavy atom. The lowest BCUT2D eigenvalue weighted by molar-refractivity contribution is -0.119. The predicted octanol–water partition coefficient (Wildman–Crippen LogP) is 6.11. The molecule has 164 valence electrons. The summed E-state index contributed by atoms with van der Waals surface area (Å²) < 4.78 is 11.3. The van der Waals surface area contributed by atoms with Crippen molar-refractivity contribution in [2.24, 2.45) is 0 Å². The van der Waals surface area contributed by atoms with E-state index in [0.717, 1.165) is 12.0 Å². The monoisotopic (exact) mass is 442 g/mol. The number of ketones is 1. The van der Waals surface area contributed by atoms with Gasteiger partial charge in [0.15, 0.2) is 0 Å². The van der Waals surface area contributed by atoms with Crippen LogP contribution in [0.2, 0.25) is 5.02 Å². The number of phenolic OH excluding ortho intramolecular Hbond substituents is 1. The number of fused-ring (bicyclic) bond motifs is 1. The summed E-state index contributed by atoms with van der Waals surface area (Å²) in [6.45, 7) is 2.02. The van der Waals surface area contributed by atoms with Gasteiger partial charge in [0.1, 0.15) is 29.5 Å². The maximum Gasteiger partial charge on any atom is 0.342 e. The normalized spacial score (nSPS) is 19.1. The number of rotatable bonds is 3. The summed E-state index contributed by atoms with van der Waals surface area (Å²) >= 11 is 6.18. The summed E-state index contributed by atoms with van der Waals surface area (Å²) in [5.74, 6) is -0.142. The first-order chi connectivity index (χ1) is 14.9. The topological polar surface area (TPSA) is 72.8 Å². The number of esters is 1. The maximum atomic E-state index is 12.8. The molecule has 1 atom stereocenters. The van der Waals surface area contributed by atoms with E-state index >= 15 is 0 Å². The third-order valence-corrected chi connectivity index (χ3v) is 5.54. The summed E-state index contributed by atoms with van der Waals surface area (Å²) in [5.41, 5.74) is 1.44. The molecule has 5 nitrogen and oxygen atoms in total. The molecule has 0 amide bonds. The first kappa shape index (κ1) is 22.9. The number of halogens is 1. The molecule has 0 aromatic heterocycles. The number of phenols is 1. The number of ether oxygens (including phenoxy) is 2. The van der Waals surface area contributed by atoms with Gasteiger partial charge in [0, 0.05) is 29.5 Å². The van der Waals surface area contributed by atoms with Crippen molar-refractivity contribution >= 4 is 29.4 Å². The fourth-order valence-electron chi connectivity index (χ4n) is 3.48. The van der Waals surface area contributed by atoms with Gasteiger partial charge >= 0.3 is 5.97 Å². The van der Waals surface area contributed by atoms with Gasteiger partial charge in [-0.3, -0.25) is 4.79 Å². The van der Waals surface area contributed by atoms with Crippen LogP contribution < -0.4 is 4.74 Å². The van der Waals surface area contributed by atoms with Crippen molar-refractivity contribution in [1.82, 2.24) is 0 Å². The zero-order chi connectivity index (χ0) is 22.2. The first-order valence-corrected chi connectivity index (χ1v) is 10.9. The summed E-state index contributed by atoms with van der Waals surface area (Å²) in [4.78, 5) is 24.7. The van der Waals surface area contributed by atoms with Crippen molar-refractivity contribution in [3.63, 3.8) is 0 Å². The number of aromatic hydroxyl groups is 1. The number of allylic oxidation sites excluding steroid dienone is 1. The van der Waals surface area contributed by atoms with Crippen LogP contribution in [0.5, 0.6) is 11.5 Å². The van der Waals surface area contributed by atoms with Crippen molar-refractivity contribution in [2.45, 2.75) is 58.2 Å². The number of benzene rings is 2. The lowest BCUT2D eigenvalue weighted by atomic mass is 10.0. The van der Waals surface area contributed by atoms with E-state index in [2.05, 4.69) is 0 Å². The van der Waals surface area contributed by atoms with Crippen molar-refractivity contribution in [3.8, 4) is 11.5 Å². The van der Waals surface area contributed by atoms with Crippen LogP contribution in [0.1, 0.15) is 66.9 Å². The van der Waals surface area contributed by atoms with E-state index in [1.54, 1.807) is 25.1 Å². The minimum atomic E-state index is -0.592. The minimum absolute atomic E-state index is 0.112. The molecular weight excluding hydrogens is 416 g/mol. The fraction of sp³-hybridized carbons (Fsp3) is 0.360. The number of Topliss-reactive ketones (excluding diaryl/α,β-unsaturated/α-hetero) is 1. The zero-order valence-corrected chi connectivity index (χ0v) is 18.4. The molecule has 1 aliphatic heterocycles. The highest BCUT2D eigenvalue weighted by Crippen LogP contribution is 2.31. The molecule has 0 fully saturated rings. The van der Waals surface area contributed by atoms with Gasteiger partial charge < -0.3 is 14.6 Å². The van der Waals surface area contributed by atoms with Crippen LogP contribution >= 0.6 is 11.6 Å². The Kier molecular flexibility index (Phi) is 8.13. The molecule has 2 aromatic carbocycles. The highest BCUT2D eigenvalue weighted by molar-refractivity contribution is 6.31. The van der Waals surface area contributed by atoms with Gasteiger partial charge in [0.05, 0.1) is 6.10 Å². The van der Waals surface area contributed by atoms with Gasteiger partial charge in [-0.05, 0) is 50.3 Å². The second kappa shape index (κ2) is 11.0. The number of carbonyl (C=O) groups excluding carboxylic acids is 2. The number of carbonyl (C=O) groups is 2. The molecule has 6 heteroatoms. The Balaban J connectivity index is 1.86. The summed E-state index contributed by atoms with van der Waals surface area (Å²) in [5, 5.41) is 11.2. The third kappa shape index (κ3) is 6.59. The van der Waals surface area contributed by atoms with Crippen LogP contribution in [0.3, 0.4) is 0 Å². The average molecular weight is 443 g/mol. The lowest BCUT2D eigenvalue weighted by Crippen LogP contribution is -2.17. The smallest absolute Gasteiger partial charge is 0.342 e. The summed E-state index contributed by atoms with van der Waals surface area (Å²) in [6, 6.07) is 10.5. The molecule has 0 bridgehead atoms. The molecule has 0 unspecified atom stereocenters. The Morgan fingerprint density at radius 2 is 1.94 bits per heavy atom. The Morgan fingerprint density at radius 1 is 1.16 bits per heavy atom. The van der Waals surface area contributed by atoms with Crippen molar-refractivity contribution in [2.75, 3.05) is 0 Å². The molecule has 31 heavy (non-hydrogen) atoms. The van der Waals surface area contributed by atoms with Crippen LogP contribution in [-0.2, 0) is 16.1 Å². The van der Waals surface area contributed by atoms with Crippen molar-refractivity contribution in [1.29, 1.82) is 0 Å². The van der Waals surface area contributed by atoms with Gasteiger partial charge in [-0.2, -0.15) is 0 Å². The predicted molar refractivity (Wildman–Crippen MR) is 121 cm³/mol. The third-order valence-electron chi connectivity index (χ3n) is 5.18. The van der Waals surface area contributed by atoms with E-state index in [9.17, 15) is 14.7 Å². The van der Waals surface area contributed by atoms with E-state index in [4.69, 9.17) is 21.1 Å². The molecule has 2 aromatic rings. The SMILES string of the molecule is C[C@@H]1CCCC(=O)CCC/C=C/c2cc(OCc3ccccc3Cl)cc(O)c2C(=O)O1. The Hall–Kier alpha value is -2.79. The molecule has 0 spiro atoms. The van der Waals surface area contributed by atoms with Gasteiger partial charge in [0.2, 0.25) is 0 Å². The average Bonchev–Trinajstić information content (AvgIpc) is 2.72. The quantitative estimate of drug-likeness (QED) is 0.581. The molecule has 0 aliphatic carbocycles. The van der Waals surface area contributed by atoms with Crippen LogP contribution in [0, 0.1) is 0 Å². The van der Waals surface area contributed by atoms with Crippen molar-refractivity contribution < 1.29 is 24.2 Å². The second-order valence-corrected chi connectivity index (χ2v) is 8.14. The van der Waals surface area contributed by atoms with Crippen LogP contribution in [0.4, 0.5) is 0 Å². The van der Waals surface area contributed by atoms with Crippen LogP contribution in [-0.4, -0.2) is 23.0 Å². The first-order valence-electron chi connectivity index (χ1n) is 10.6. The molecule has 1 N–H and O–H groups in total. The maximum absolute atomic E-state index is 12.8. The highest BCUT2D eigenvalue weighted by atomic mass is 35.5. The van der Waals surface area contributed by atoms with Crippen molar-refractivity contribution in [3.05, 3.63) is 64.2 Å². The molecular formula is C25H27ClO5. The molecule has 0 radical (unpaired) electrons. The van der Waals surface area contributed by atoms with Gasteiger partial charge in [-0.25, -0.2) is 4.79 Å². The van der Waals surface area contributed by atoms with E-state index < -0.39 is 5.97 Å². The van der Waals surface area contributed by atoms with E-state index in [0.29, 0.717) is 48.4 Å². The van der Waals surface area contributed by atoms with Crippen LogP contribution in [0.25, 0.3) is 6.08 Å². The fourth-order valence-corrected chi connectivity index (χ4v) is 3.67. The number of hydrogen-bond donors (Lipinski definition) is 1. The summed E-state index contributed by atoms with van der Waals surface area (Å²) in [6.07, 6.45) is 7.07. The second-order valence-electron chi connectivity index (χ2n) is 7.73. The van der Waals surface area contributed by atoms with Gasteiger partial charge in [0.25, 0.3) is 0 Å². The lowest BCUT2D eigenvalue weighted by Gasteiger charge is -2.16. The Labute approximate surface area is 187 Å². The van der Waals surface area contributed by atoms with E-state index in [1.807, 2.05) is 24.3 Å². The van der Waals surface area contributed by atoms with Gasteiger partial charge in [-0.1, -0.05) is 42.0 Å². The van der Waals surface area contributed by atoms with Crippen LogP contribution in [0.15, 0.2) is 42.5 Å². The molecule has 0 saturated carbocycles. The standard InChI is InChI=1S/C25H27ClO5/c1-17-8-7-12-20(27)11-4-2-3-9-18-14-21(15-23(28)24(18)25(29)31-17)30-16-19-10-5-6-13-22(19)26/h3,5-6,9-10,13-15,17,28H,2,4,7-8,11-12,16H2,1H3/b9-3+/t17-/m1/s1. The minimum Gasteiger partial charge on any atom is -0.507 e.